The highest BCUT2D eigenvalue weighted by atomic mass is 35.5. The van der Waals surface area contributed by atoms with Gasteiger partial charge in [0.25, 0.3) is 5.91 Å². The highest BCUT2D eigenvalue weighted by Gasteiger charge is 2.47. The second kappa shape index (κ2) is 14.0. The Kier molecular flexibility index (Phi) is 10.0. The van der Waals surface area contributed by atoms with Gasteiger partial charge in [-0.1, -0.05) is 11.6 Å². The van der Waals surface area contributed by atoms with Crippen LogP contribution in [0.25, 0.3) is 0 Å². The molecule has 2 atom stereocenters. The topological polar surface area (TPSA) is 135 Å². The van der Waals surface area contributed by atoms with Crippen LogP contribution in [0.3, 0.4) is 0 Å². The van der Waals surface area contributed by atoms with Gasteiger partial charge >= 0.3 is 12.2 Å². The van der Waals surface area contributed by atoms with E-state index in [1.165, 1.54) is 11.0 Å². The van der Waals surface area contributed by atoms with Gasteiger partial charge < -0.3 is 30.7 Å². The summed E-state index contributed by atoms with van der Waals surface area (Å²) in [7, 11) is 3.23. The third-order valence-corrected chi connectivity index (χ3v) is 10.2. The minimum Gasteiger partial charge on any atom is -0.461 e. The van der Waals surface area contributed by atoms with Crippen LogP contribution < -0.4 is 21.1 Å². The minimum absolute atomic E-state index is 0.0336. The lowest BCUT2D eigenvalue weighted by Crippen LogP contribution is -2.43. The van der Waals surface area contributed by atoms with Gasteiger partial charge in [-0.05, 0) is 62.4 Å². The molecule has 4 aliphatic heterocycles. The number of benzene rings is 1. The predicted octanol–water partition coefficient (Wildman–Crippen LogP) is 4.99. The number of aliphatic imine (C=N–C) groups is 1. The van der Waals surface area contributed by atoms with Gasteiger partial charge in [0.05, 0.1) is 53.1 Å². The largest absolute Gasteiger partial charge is 0.461 e. The fourth-order valence-electron chi connectivity index (χ4n) is 7.37. The third-order valence-electron chi connectivity index (χ3n) is 9.95. The van der Waals surface area contributed by atoms with Crippen molar-refractivity contribution in [3.05, 3.63) is 62.7 Å². The number of carbonyl (C=O) groups excluding carboxylic acids is 1. The van der Waals surface area contributed by atoms with Crippen molar-refractivity contribution in [2.24, 2.45) is 10.7 Å². The predicted molar refractivity (Wildman–Crippen MR) is 182 cm³/mol. The molecule has 2 fully saturated rings. The summed E-state index contributed by atoms with van der Waals surface area (Å²) in [4.78, 5) is 32.6. The zero-order valence-corrected chi connectivity index (χ0v) is 29.0. The number of rotatable bonds is 7. The monoisotopic (exact) mass is 720 g/mol. The Balaban J connectivity index is 1.38. The lowest BCUT2D eigenvalue weighted by atomic mass is 9.94. The van der Waals surface area contributed by atoms with Crippen LogP contribution in [0.4, 0.5) is 29.1 Å². The fourth-order valence-corrected chi connectivity index (χ4v) is 7.71. The van der Waals surface area contributed by atoms with Gasteiger partial charge in [-0.3, -0.25) is 14.7 Å². The van der Waals surface area contributed by atoms with Gasteiger partial charge in [-0.15, -0.1) is 0 Å². The summed E-state index contributed by atoms with van der Waals surface area (Å²) in [5, 5.41) is -0.514. The Morgan fingerprint density at radius 1 is 1.22 bits per heavy atom. The van der Waals surface area contributed by atoms with E-state index >= 15 is 0 Å². The summed E-state index contributed by atoms with van der Waals surface area (Å²) in [6.45, 7) is 4.49. The van der Waals surface area contributed by atoms with Crippen LogP contribution in [-0.2, 0) is 28.7 Å². The van der Waals surface area contributed by atoms with Gasteiger partial charge in [0.15, 0.2) is 0 Å². The number of hydrogen-bond acceptors (Lipinski definition) is 10. The molecule has 11 nitrogen and oxygen atoms in total. The van der Waals surface area contributed by atoms with Crippen LogP contribution in [0.2, 0.25) is 5.02 Å². The number of nitrogens with two attached hydrogens (primary N) is 2. The first-order chi connectivity index (χ1) is 23.7. The van der Waals surface area contributed by atoms with Crippen molar-refractivity contribution in [1.82, 2.24) is 19.8 Å². The maximum Gasteiger partial charge on any atom is 0.418 e. The normalized spacial score (nSPS) is 24.0. The van der Waals surface area contributed by atoms with Crippen LogP contribution in [0.15, 0.2) is 40.3 Å². The molecular formula is C34H41ClF4N8O3. The van der Waals surface area contributed by atoms with Crippen molar-refractivity contribution < 1.29 is 31.8 Å². The van der Waals surface area contributed by atoms with E-state index in [0.717, 1.165) is 25.5 Å². The average molecular weight is 721 g/mol. The second-order valence-corrected chi connectivity index (χ2v) is 14.0. The fraction of sp³-hybridized carbons (Fsp3) is 0.529. The molecule has 16 heteroatoms. The van der Waals surface area contributed by atoms with Crippen molar-refractivity contribution in [2.75, 3.05) is 64.1 Å². The van der Waals surface area contributed by atoms with Crippen molar-refractivity contribution in [2.45, 2.75) is 63.5 Å². The molecule has 5 heterocycles. The molecule has 4 N–H and O–H groups in total. The van der Waals surface area contributed by atoms with Gasteiger partial charge in [0, 0.05) is 57.0 Å². The Morgan fingerprint density at radius 2 is 2.00 bits per heavy atom. The van der Waals surface area contributed by atoms with Crippen LogP contribution >= 0.6 is 11.6 Å². The molecule has 0 saturated carbocycles. The highest BCUT2D eigenvalue weighted by molar-refractivity contribution is 6.31. The Labute approximate surface area is 292 Å². The van der Waals surface area contributed by atoms with Crippen molar-refractivity contribution >= 4 is 34.7 Å². The molecule has 1 aromatic heterocycles. The summed E-state index contributed by atoms with van der Waals surface area (Å²) < 4.78 is 68.8. The van der Waals surface area contributed by atoms with Crippen molar-refractivity contribution in [3.63, 3.8) is 0 Å². The lowest BCUT2D eigenvalue weighted by molar-refractivity contribution is -0.139. The van der Waals surface area contributed by atoms with Crippen LogP contribution in [0.1, 0.15) is 61.1 Å². The zero-order chi connectivity index (χ0) is 36.0. The van der Waals surface area contributed by atoms with E-state index in [-0.39, 0.29) is 55.0 Å². The molecule has 2 saturated heterocycles. The van der Waals surface area contributed by atoms with E-state index in [1.54, 1.807) is 21.0 Å². The number of carbonyl (C=O) groups is 1. The van der Waals surface area contributed by atoms with Crippen LogP contribution in [0, 0.1) is 0 Å². The summed E-state index contributed by atoms with van der Waals surface area (Å²) in [6, 6.07) is 2.36. The number of nitrogen functional groups attached to an aromatic ring is 1. The minimum atomic E-state index is -4.75. The van der Waals surface area contributed by atoms with E-state index in [1.807, 2.05) is 4.90 Å². The molecule has 4 aliphatic rings. The average Bonchev–Trinajstić information content (AvgIpc) is 3.51. The molecule has 0 aliphatic carbocycles. The van der Waals surface area contributed by atoms with Gasteiger partial charge in [0.2, 0.25) is 0 Å². The van der Waals surface area contributed by atoms with E-state index < -0.39 is 28.4 Å². The summed E-state index contributed by atoms with van der Waals surface area (Å²) in [5.41, 5.74) is 13.7. The number of anilines is 2. The first kappa shape index (κ1) is 35.9. The molecule has 270 valence electrons. The Hall–Kier alpha value is -3.95. The summed E-state index contributed by atoms with van der Waals surface area (Å²) in [6.07, 6.45) is -2.23. The number of amides is 1. The maximum absolute atomic E-state index is 14.2. The van der Waals surface area contributed by atoms with Gasteiger partial charge in [-0.2, -0.15) is 23.1 Å². The quantitative estimate of drug-likeness (QED) is 0.231. The van der Waals surface area contributed by atoms with E-state index in [9.17, 15) is 22.4 Å². The number of aromatic nitrogens is 2. The molecule has 1 aromatic carbocycles. The van der Waals surface area contributed by atoms with E-state index in [4.69, 9.17) is 47.5 Å². The first-order valence-corrected chi connectivity index (χ1v) is 16.9. The SMILES string of the molecule is C/C(C1=NCCCN(c2nc(OC[C@@]34CCCN3C/C(=C\F)C4)nc3c2CO[C@H](c2cc(N)cc(Cl)c2C(F)(F)F)C3)C1)=C(/N)C(=O)N(C)C. The highest BCUT2D eigenvalue weighted by Crippen LogP contribution is 2.45. The van der Waals surface area contributed by atoms with Crippen LogP contribution in [0.5, 0.6) is 6.01 Å². The molecule has 1 amide bonds. The molecule has 2 aromatic rings. The van der Waals surface area contributed by atoms with E-state index in [2.05, 4.69) is 4.90 Å². The number of nitrogens with zero attached hydrogens (tertiary/aromatic N) is 6. The molecule has 0 radical (unpaired) electrons. The molecule has 0 unspecified atom stereocenters. The molecule has 6 rings (SSSR count). The standard InChI is InChI=1S/C34H41ClF4N8O3/c1-19(29(41)31(48)45(2)3)26-16-46(8-5-7-42-26)30-23-17-49-27(22-10-21(40)11-24(35)28(22)34(37,38)39)12-25(23)43-32(44-30)50-18-33-6-4-9-47(33)15-20(13-33)14-36/h10-11,14,27H,4-9,12-13,15-18,40-41H2,1-3H3/b20-14-,29-19-/t27-,33-/m0/s1. The molecular weight excluding hydrogens is 680 g/mol. The van der Waals surface area contributed by atoms with Crippen molar-refractivity contribution in [1.29, 1.82) is 0 Å². The van der Waals surface area contributed by atoms with Gasteiger partial charge in [0.1, 0.15) is 18.1 Å². The second-order valence-electron chi connectivity index (χ2n) is 13.5. The Morgan fingerprint density at radius 3 is 2.72 bits per heavy atom. The third kappa shape index (κ3) is 6.99. The van der Waals surface area contributed by atoms with E-state index in [0.29, 0.717) is 72.7 Å². The number of fused-ring (bicyclic) bond motifs is 2. The zero-order valence-electron chi connectivity index (χ0n) is 28.2. The number of halogens is 5. The van der Waals surface area contributed by atoms with Crippen molar-refractivity contribution in [3.8, 4) is 6.01 Å². The van der Waals surface area contributed by atoms with Gasteiger partial charge in [-0.25, -0.2) is 4.39 Å². The maximum atomic E-state index is 14.2. The first-order valence-electron chi connectivity index (χ1n) is 16.5. The number of ether oxygens (including phenoxy) is 2. The number of likely N-dealkylation sites (N-methyl/N-ethyl adjacent to an activating group) is 1. The molecule has 0 bridgehead atoms. The molecule has 50 heavy (non-hydrogen) atoms. The summed E-state index contributed by atoms with van der Waals surface area (Å²) >= 11 is 6.09. The number of hydrogen-bond donors (Lipinski definition) is 2. The smallest absolute Gasteiger partial charge is 0.418 e. The lowest BCUT2D eigenvalue weighted by Gasteiger charge is -2.33. The molecule has 0 spiro atoms. The number of alkyl halides is 3. The Bertz CT molecular complexity index is 1760. The van der Waals surface area contributed by atoms with Crippen LogP contribution in [-0.4, -0.2) is 90.4 Å². The summed E-state index contributed by atoms with van der Waals surface area (Å²) in [5.74, 6) is 0.148.